The smallest absolute Gasteiger partial charge is 0.336 e. The topological polar surface area (TPSA) is 94.1 Å². The predicted octanol–water partition coefficient (Wildman–Crippen LogP) is 4.24. The van der Waals surface area contributed by atoms with Crippen molar-refractivity contribution in [3.05, 3.63) is 44.7 Å². The van der Waals surface area contributed by atoms with Gasteiger partial charge < -0.3 is 24.6 Å². The van der Waals surface area contributed by atoms with Gasteiger partial charge in [0, 0.05) is 35.9 Å². The predicted molar refractivity (Wildman–Crippen MR) is 121 cm³/mol. The molecule has 2 heterocycles. The summed E-state index contributed by atoms with van der Waals surface area (Å²) in [4.78, 5) is 26.3. The van der Waals surface area contributed by atoms with Gasteiger partial charge in [-0.2, -0.15) is 0 Å². The summed E-state index contributed by atoms with van der Waals surface area (Å²) in [5.74, 6) is -0.778. The van der Waals surface area contributed by atoms with Crippen molar-refractivity contribution in [2.75, 3.05) is 19.8 Å². The summed E-state index contributed by atoms with van der Waals surface area (Å²) < 4.78 is 17.3. The number of carbonyl (C=O) groups is 2. The van der Waals surface area contributed by atoms with Crippen LogP contribution in [0.2, 0.25) is 0 Å². The summed E-state index contributed by atoms with van der Waals surface area (Å²) >= 11 is 3.39. The molecule has 0 radical (unpaired) electrons. The minimum Gasteiger partial charge on any atom is -0.503 e. The second kappa shape index (κ2) is 9.67. The zero-order chi connectivity index (χ0) is 22.8. The Labute approximate surface area is 195 Å². The van der Waals surface area contributed by atoms with Gasteiger partial charge in [0.2, 0.25) is 0 Å². The van der Waals surface area contributed by atoms with Crippen LogP contribution in [-0.4, -0.2) is 42.8 Å². The molecule has 1 fully saturated rings. The lowest BCUT2D eigenvalue weighted by Crippen LogP contribution is -2.35. The Balaban J connectivity index is 1.76. The summed E-state index contributed by atoms with van der Waals surface area (Å²) in [6.07, 6.45) is 3.68. The summed E-state index contributed by atoms with van der Waals surface area (Å²) in [5, 5.41) is 13.7. The maximum atomic E-state index is 13.3. The average Bonchev–Trinajstić information content (AvgIpc) is 3.28. The highest BCUT2D eigenvalue weighted by Crippen LogP contribution is 2.46. The van der Waals surface area contributed by atoms with Crippen LogP contribution in [0.4, 0.5) is 0 Å². The second-order valence-corrected chi connectivity index (χ2v) is 9.14. The van der Waals surface area contributed by atoms with Crippen LogP contribution in [0.25, 0.3) is 0 Å². The number of halogens is 1. The standard InChI is InChI=1S/C24H28BrNO6/c1-3-30-19-11-14(10-16(25)23(19)28)21-20(24(29)32-12-15-6-5-9-31-15)13(2)26-17-7-4-8-18(27)22(17)21/h10-11,15,21,26,28H,3-9,12H2,1-2H3. The Hall–Kier alpha value is -2.32. The number of hydrogen-bond acceptors (Lipinski definition) is 7. The Bertz CT molecular complexity index is 992. The Kier molecular flexibility index (Phi) is 6.90. The summed E-state index contributed by atoms with van der Waals surface area (Å²) in [6.45, 7) is 4.89. The molecule has 0 saturated carbocycles. The van der Waals surface area contributed by atoms with Gasteiger partial charge in [-0.15, -0.1) is 0 Å². The molecule has 0 bridgehead atoms. The minimum absolute atomic E-state index is 0.0165. The van der Waals surface area contributed by atoms with Crippen molar-refractivity contribution in [2.24, 2.45) is 0 Å². The van der Waals surface area contributed by atoms with E-state index in [1.54, 1.807) is 12.1 Å². The van der Waals surface area contributed by atoms with Crippen LogP contribution in [-0.2, 0) is 19.1 Å². The Morgan fingerprint density at radius 3 is 2.84 bits per heavy atom. The maximum absolute atomic E-state index is 13.3. The number of phenols is 1. The number of ether oxygens (including phenoxy) is 3. The van der Waals surface area contributed by atoms with Crippen molar-refractivity contribution in [1.82, 2.24) is 5.32 Å². The molecule has 0 aromatic heterocycles. The van der Waals surface area contributed by atoms with Crippen LogP contribution in [0.1, 0.15) is 57.4 Å². The van der Waals surface area contributed by atoms with E-state index in [-0.39, 0.29) is 24.2 Å². The second-order valence-electron chi connectivity index (χ2n) is 8.28. The SMILES string of the molecule is CCOc1cc(C2C(C(=O)OCC3CCCO3)=C(C)NC3=C2C(=O)CCC3)cc(Br)c1O. The fraction of sp³-hybridized carbons (Fsp3) is 0.500. The van der Waals surface area contributed by atoms with Crippen LogP contribution in [0.5, 0.6) is 11.5 Å². The molecule has 4 rings (SSSR count). The molecule has 2 aliphatic heterocycles. The van der Waals surface area contributed by atoms with Crippen LogP contribution in [0.3, 0.4) is 0 Å². The first-order chi connectivity index (χ1) is 15.4. The van der Waals surface area contributed by atoms with Gasteiger partial charge in [-0.25, -0.2) is 4.79 Å². The van der Waals surface area contributed by atoms with E-state index in [1.165, 1.54) is 0 Å². The van der Waals surface area contributed by atoms with Gasteiger partial charge in [0.15, 0.2) is 17.3 Å². The number of nitrogens with one attached hydrogen (secondary N) is 1. The van der Waals surface area contributed by atoms with Gasteiger partial charge in [0.25, 0.3) is 0 Å². The Morgan fingerprint density at radius 1 is 1.31 bits per heavy atom. The molecular weight excluding hydrogens is 478 g/mol. The summed E-state index contributed by atoms with van der Waals surface area (Å²) in [7, 11) is 0. The van der Waals surface area contributed by atoms with Crippen molar-refractivity contribution in [3.8, 4) is 11.5 Å². The monoisotopic (exact) mass is 505 g/mol. The average molecular weight is 506 g/mol. The fourth-order valence-corrected chi connectivity index (χ4v) is 5.10. The van der Waals surface area contributed by atoms with Gasteiger partial charge in [0.1, 0.15) is 6.61 Å². The highest BCUT2D eigenvalue weighted by molar-refractivity contribution is 9.10. The number of allylic oxidation sites excluding steroid dienone is 3. The van der Waals surface area contributed by atoms with Crippen LogP contribution < -0.4 is 10.1 Å². The molecule has 0 spiro atoms. The molecule has 32 heavy (non-hydrogen) atoms. The molecule has 2 unspecified atom stereocenters. The van der Waals surface area contributed by atoms with Gasteiger partial charge in [0.05, 0.1) is 22.8 Å². The zero-order valence-corrected chi connectivity index (χ0v) is 19.9. The Morgan fingerprint density at radius 2 is 2.12 bits per heavy atom. The first kappa shape index (κ1) is 22.9. The van der Waals surface area contributed by atoms with E-state index in [4.69, 9.17) is 14.2 Å². The van der Waals surface area contributed by atoms with E-state index in [9.17, 15) is 14.7 Å². The van der Waals surface area contributed by atoms with Gasteiger partial charge in [-0.1, -0.05) is 0 Å². The quantitative estimate of drug-likeness (QED) is 0.558. The first-order valence-corrected chi connectivity index (χ1v) is 11.9. The number of esters is 1. The highest BCUT2D eigenvalue weighted by atomic mass is 79.9. The molecule has 2 atom stereocenters. The first-order valence-electron chi connectivity index (χ1n) is 11.1. The molecule has 7 nitrogen and oxygen atoms in total. The van der Waals surface area contributed by atoms with Gasteiger partial charge >= 0.3 is 5.97 Å². The lowest BCUT2D eigenvalue weighted by atomic mass is 9.75. The number of hydrogen-bond donors (Lipinski definition) is 2. The van der Waals surface area contributed by atoms with Crippen molar-refractivity contribution < 1.29 is 28.9 Å². The molecule has 1 aromatic carbocycles. The molecule has 0 amide bonds. The van der Waals surface area contributed by atoms with Crippen molar-refractivity contribution >= 4 is 27.7 Å². The number of phenolic OH excluding ortho intramolecular Hbond substituents is 1. The largest absolute Gasteiger partial charge is 0.503 e. The van der Waals surface area contributed by atoms with Crippen molar-refractivity contribution in [1.29, 1.82) is 0 Å². The number of dihydropyridines is 1. The third-order valence-corrected chi connectivity index (χ3v) is 6.71. The molecule has 8 heteroatoms. The maximum Gasteiger partial charge on any atom is 0.336 e. The summed E-state index contributed by atoms with van der Waals surface area (Å²) in [5.41, 5.74) is 3.19. The number of ketones is 1. The van der Waals surface area contributed by atoms with Crippen molar-refractivity contribution in [2.45, 2.75) is 58.0 Å². The number of aromatic hydroxyl groups is 1. The van der Waals surface area contributed by atoms with E-state index in [0.717, 1.165) is 31.4 Å². The molecule has 1 aliphatic carbocycles. The molecule has 1 aromatic rings. The highest BCUT2D eigenvalue weighted by Gasteiger charge is 2.40. The normalized spacial score (nSPS) is 23.2. The van der Waals surface area contributed by atoms with Gasteiger partial charge in [-0.05, 0) is 73.2 Å². The van der Waals surface area contributed by atoms with E-state index < -0.39 is 11.9 Å². The third kappa shape index (κ3) is 4.43. The van der Waals surface area contributed by atoms with Crippen molar-refractivity contribution in [3.63, 3.8) is 0 Å². The number of benzene rings is 1. The summed E-state index contributed by atoms with van der Waals surface area (Å²) in [6, 6.07) is 3.44. The molecule has 172 valence electrons. The third-order valence-electron chi connectivity index (χ3n) is 6.10. The molecule has 1 saturated heterocycles. The van der Waals surface area contributed by atoms with E-state index in [0.29, 0.717) is 52.3 Å². The number of Topliss-reactive ketones (excluding diaryl/α,β-unsaturated/α-hetero) is 1. The van der Waals surface area contributed by atoms with Crippen LogP contribution in [0.15, 0.2) is 39.1 Å². The molecule has 2 N–H and O–H groups in total. The minimum atomic E-state index is -0.604. The van der Waals surface area contributed by atoms with Crippen LogP contribution in [0, 0.1) is 0 Å². The van der Waals surface area contributed by atoms with Crippen LogP contribution >= 0.6 is 15.9 Å². The fourth-order valence-electron chi connectivity index (χ4n) is 4.64. The van der Waals surface area contributed by atoms with E-state index in [1.807, 2.05) is 13.8 Å². The van der Waals surface area contributed by atoms with Gasteiger partial charge in [-0.3, -0.25) is 4.79 Å². The molecule has 3 aliphatic rings. The van der Waals surface area contributed by atoms with E-state index >= 15 is 0 Å². The lowest BCUT2D eigenvalue weighted by molar-refractivity contribution is -0.142. The number of rotatable bonds is 6. The molecular formula is C24H28BrNO6. The number of carbonyl (C=O) groups excluding carboxylic acids is 2. The lowest BCUT2D eigenvalue weighted by Gasteiger charge is -2.34. The zero-order valence-electron chi connectivity index (χ0n) is 18.3. The van der Waals surface area contributed by atoms with E-state index in [2.05, 4.69) is 21.2 Å².